The van der Waals surface area contributed by atoms with Gasteiger partial charge in [-0.15, -0.1) is 0 Å². The standard InChI is InChI=1S/C16H22FNO/c17-14-5-3-13(4-6-14)16(8-1-2-9-16)12-18-15-7-10-19-11-15/h3-6,15,18H,1-2,7-12H2. The Bertz CT molecular complexity index is 405. The van der Waals surface area contributed by atoms with Gasteiger partial charge >= 0.3 is 0 Å². The Balaban J connectivity index is 1.72. The van der Waals surface area contributed by atoms with E-state index in [0.717, 1.165) is 26.2 Å². The lowest BCUT2D eigenvalue weighted by Gasteiger charge is -2.31. The predicted molar refractivity (Wildman–Crippen MR) is 73.8 cm³/mol. The first-order valence-electron chi connectivity index (χ1n) is 7.36. The smallest absolute Gasteiger partial charge is 0.123 e. The van der Waals surface area contributed by atoms with E-state index >= 15 is 0 Å². The lowest BCUT2D eigenvalue weighted by Crippen LogP contribution is -2.41. The van der Waals surface area contributed by atoms with Gasteiger partial charge in [0, 0.05) is 24.6 Å². The summed E-state index contributed by atoms with van der Waals surface area (Å²) in [6, 6.07) is 7.61. The van der Waals surface area contributed by atoms with Gasteiger partial charge in [-0.1, -0.05) is 25.0 Å². The Kier molecular flexibility index (Phi) is 3.85. The molecule has 19 heavy (non-hydrogen) atoms. The first kappa shape index (κ1) is 13.1. The van der Waals surface area contributed by atoms with E-state index in [9.17, 15) is 4.39 Å². The summed E-state index contributed by atoms with van der Waals surface area (Å²) in [6.07, 6.45) is 6.08. The van der Waals surface area contributed by atoms with Gasteiger partial charge in [-0.25, -0.2) is 4.39 Å². The number of ether oxygens (including phenoxy) is 1. The molecule has 1 saturated carbocycles. The molecule has 3 rings (SSSR count). The van der Waals surface area contributed by atoms with Crippen LogP contribution in [0.25, 0.3) is 0 Å². The van der Waals surface area contributed by atoms with Crippen LogP contribution in [0.1, 0.15) is 37.7 Å². The van der Waals surface area contributed by atoms with Crippen molar-refractivity contribution >= 4 is 0 Å². The third kappa shape index (κ3) is 2.82. The van der Waals surface area contributed by atoms with Gasteiger partial charge in [0.25, 0.3) is 0 Å². The van der Waals surface area contributed by atoms with Crippen molar-refractivity contribution in [1.82, 2.24) is 5.32 Å². The number of halogens is 1. The van der Waals surface area contributed by atoms with E-state index in [0.29, 0.717) is 6.04 Å². The second-order valence-corrected chi connectivity index (χ2v) is 5.94. The quantitative estimate of drug-likeness (QED) is 0.901. The van der Waals surface area contributed by atoms with Crippen molar-refractivity contribution in [1.29, 1.82) is 0 Å². The summed E-state index contributed by atoms with van der Waals surface area (Å²) in [4.78, 5) is 0. The average Bonchev–Trinajstić information content (AvgIpc) is 3.09. The van der Waals surface area contributed by atoms with Crippen LogP contribution in [0.5, 0.6) is 0 Å². The summed E-state index contributed by atoms with van der Waals surface area (Å²) in [5, 5.41) is 3.66. The van der Waals surface area contributed by atoms with Crippen LogP contribution in [0.2, 0.25) is 0 Å². The molecule has 2 nitrogen and oxygen atoms in total. The van der Waals surface area contributed by atoms with E-state index in [1.165, 1.54) is 31.2 Å². The summed E-state index contributed by atoms with van der Waals surface area (Å²) in [5.74, 6) is -0.144. The minimum absolute atomic E-state index is 0.144. The number of hydrogen-bond acceptors (Lipinski definition) is 2. The molecule has 1 N–H and O–H groups in total. The van der Waals surface area contributed by atoms with Crippen molar-refractivity contribution in [2.24, 2.45) is 0 Å². The van der Waals surface area contributed by atoms with E-state index < -0.39 is 0 Å². The molecule has 104 valence electrons. The van der Waals surface area contributed by atoms with Crippen molar-refractivity contribution in [2.45, 2.75) is 43.6 Å². The second-order valence-electron chi connectivity index (χ2n) is 5.94. The Labute approximate surface area is 114 Å². The zero-order valence-corrected chi connectivity index (χ0v) is 11.3. The zero-order chi connectivity index (χ0) is 13.1. The molecule has 0 bridgehead atoms. The Morgan fingerprint density at radius 1 is 1.21 bits per heavy atom. The van der Waals surface area contributed by atoms with Gasteiger partial charge in [-0.05, 0) is 37.0 Å². The summed E-state index contributed by atoms with van der Waals surface area (Å²) < 4.78 is 18.5. The topological polar surface area (TPSA) is 21.3 Å². The largest absolute Gasteiger partial charge is 0.380 e. The molecule has 0 amide bonds. The van der Waals surface area contributed by atoms with Crippen LogP contribution in [0.3, 0.4) is 0 Å². The molecule has 0 spiro atoms. The summed E-state index contributed by atoms with van der Waals surface area (Å²) in [7, 11) is 0. The number of nitrogens with one attached hydrogen (secondary N) is 1. The fourth-order valence-electron chi connectivity index (χ4n) is 3.46. The molecule has 1 unspecified atom stereocenters. The van der Waals surface area contributed by atoms with E-state index in [-0.39, 0.29) is 11.2 Å². The number of benzene rings is 1. The van der Waals surface area contributed by atoms with E-state index in [2.05, 4.69) is 5.32 Å². The van der Waals surface area contributed by atoms with Gasteiger partial charge in [0.1, 0.15) is 5.82 Å². The van der Waals surface area contributed by atoms with Crippen LogP contribution in [0.15, 0.2) is 24.3 Å². The van der Waals surface area contributed by atoms with Crippen molar-refractivity contribution < 1.29 is 9.13 Å². The average molecular weight is 263 g/mol. The maximum absolute atomic E-state index is 13.1. The highest BCUT2D eigenvalue weighted by Crippen LogP contribution is 2.40. The monoisotopic (exact) mass is 263 g/mol. The number of rotatable bonds is 4. The second kappa shape index (κ2) is 5.59. The number of hydrogen-bond donors (Lipinski definition) is 1. The first-order chi connectivity index (χ1) is 9.28. The molecule has 1 aliphatic heterocycles. The maximum atomic E-state index is 13.1. The van der Waals surface area contributed by atoms with Gasteiger partial charge < -0.3 is 10.1 Å². The van der Waals surface area contributed by atoms with Gasteiger partial charge in [0.2, 0.25) is 0 Å². The molecule has 1 aliphatic carbocycles. The Hall–Kier alpha value is -0.930. The van der Waals surface area contributed by atoms with E-state index in [1.807, 2.05) is 12.1 Å². The highest BCUT2D eigenvalue weighted by Gasteiger charge is 2.36. The first-order valence-corrected chi connectivity index (χ1v) is 7.36. The summed E-state index contributed by atoms with van der Waals surface area (Å²) in [6.45, 7) is 2.70. The SMILES string of the molecule is Fc1ccc(C2(CNC3CCOC3)CCCC2)cc1. The fraction of sp³-hybridized carbons (Fsp3) is 0.625. The van der Waals surface area contributed by atoms with E-state index in [4.69, 9.17) is 4.74 Å². The van der Waals surface area contributed by atoms with Gasteiger partial charge in [-0.2, -0.15) is 0 Å². The van der Waals surface area contributed by atoms with Crippen LogP contribution in [-0.4, -0.2) is 25.8 Å². The molecule has 1 aromatic carbocycles. The Morgan fingerprint density at radius 2 is 1.95 bits per heavy atom. The van der Waals surface area contributed by atoms with Crippen LogP contribution in [-0.2, 0) is 10.2 Å². The molecule has 1 aromatic rings. The molecule has 0 aromatic heterocycles. The molecule has 1 heterocycles. The molecular weight excluding hydrogens is 241 g/mol. The van der Waals surface area contributed by atoms with Gasteiger partial charge in [0.05, 0.1) is 6.61 Å². The van der Waals surface area contributed by atoms with Crippen LogP contribution in [0.4, 0.5) is 4.39 Å². The van der Waals surface area contributed by atoms with Crippen molar-refractivity contribution in [3.05, 3.63) is 35.6 Å². The molecule has 2 aliphatic rings. The van der Waals surface area contributed by atoms with Crippen LogP contribution in [0, 0.1) is 5.82 Å². The molecule has 1 saturated heterocycles. The molecule has 1 atom stereocenters. The van der Waals surface area contributed by atoms with Crippen LogP contribution < -0.4 is 5.32 Å². The zero-order valence-electron chi connectivity index (χ0n) is 11.3. The highest BCUT2D eigenvalue weighted by molar-refractivity contribution is 5.27. The molecule has 3 heteroatoms. The normalized spacial score (nSPS) is 25.8. The van der Waals surface area contributed by atoms with Gasteiger partial charge in [0.15, 0.2) is 0 Å². The van der Waals surface area contributed by atoms with Gasteiger partial charge in [-0.3, -0.25) is 0 Å². The molecular formula is C16H22FNO. The van der Waals surface area contributed by atoms with Crippen LogP contribution >= 0.6 is 0 Å². The minimum Gasteiger partial charge on any atom is -0.380 e. The van der Waals surface area contributed by atoms with Crippen molar-refractivity contribution in [3.63, 3.8) is 0 Å². The Morgan fingerprint density at radius 3 is 2.58 bits per heavy atom. The van der Waals surface area contributed by atoms with Crippen molar-refractivity contribution in [3.8, 4) is 0 Å². The third-order valence-corrected chi connectivity index (χ3v) is 4.68. The van der Waals surface area contributed by atoms with Crippen molar-refractivity contribution in [2.75, 3.05) is 19.8 Å². The highest BCUT2D eigenvalue weighted by atomic mass is 19.1. The lowest BCUT2D eigenvalue weighted by atomic mass is 9.78. The third-order valence-electron chi connectivity index (χ3n) is 4.68. The van der Waals surface area contributed by atoms with E-state index in [1.54, 1.807) is 12.1 Å². The maximum Gasteiger partial charge on any atom is 0.123 e. The molecule has 0 radical (unpaired) electrons. The molecule has 2 fully saturated rings. The summed E-state index contributed by atoms with van der Waals surface area (Å²) >= 11 is 0. The summed E-state index contributed by atoms with van der Waals surface area (Å²) in [5.41, 5.74) is 1.49. The fourth-order valence-corrected chi connectivity index (χ4v) is 3.46. The predicted octanol–water partition coefficient (Wildman–Crippen LogP) is 3.02. The lowest BCUT2D eigenvalue weighted by molar-refractivity contribution is 0.188. The minimum atomic E-state index is -0.144.